The molecule has 2 N–H and O–H groups in total. The fourth-order valence-corrected chi connectivity index (χ4v) is 3.98. The molecule has 7 heteroatoms. The Morgan fingerprint density at radius 2 is 1.83 bits per heavy atom. The van der Waals surface area contributed by atoms with Crippen molar-refractivity contribution < 1.29 is 9.47 Å². The van der Waals surface area contributed by atoms with E-state index in [1.807, 2.05) is 37.3 Å². The maximum atomic E-state index is 5.67. The van der Waals surface area contributed by atoms with Gasteiger partial charge in [-0.15, -0.1) is 0 Å². The molecule has 1 saturated carbocycles. The summed E-state index contributed by atoms with van der Waals surface area (Å²) in [6.45, 7) is 3.18. The number of nitrogens with zero attached hydrogens (tertiary/aromatic N) is 3. The Bertz CT molecular complexity index is 806. The highest BCUT2D eigenvalue weighted by molar-refractivity contribution is 5.44. The quantitative estimate of drug-likeness (QED) is 0.744. The summed E-state index contributed by atoms with van der Waals surface area (Å²) in [5, 5.41) is 7.13. The molecule has 4 rings (SSSR count). The van der Waals surface area contributed by atoms with Crippen LogP contribution in [0.25, 0.3) is 0 Å². The Morgan fingerprint density at radius 3 is 2.62 bits per heavy atom. The van der Waals surface area contributed by atoms with Crippen LogP contribution in [0.2, 0.25) is 0 Å². The zero-order valence-corrected chi connectivity index (χ0v) is 17.4. The molecule has 1 aromatic heterocycles. The first-order valence-electron chi connectivity index (χ1n) is 10.5. The lowest BCUT2D eigenvalue weighted by Crippen LogP contribution is -2.31. The van der Waals surface area contributed by atoms with E-state index in [0.717, 1.165) is 55.1 Å². The van der Waals surface area contributed by atoms with Gasteiger partial charge in [0.1, 0.15) is 19.0 Å². The molecule has 156 valence electrons. The zero-order chi connectivity index (χ0) is 20.1. The van der Waals surface area contributed by atoms with E-state index >= 15 is 0 Å². The lowest BCUT2D eigenvalue weighted by Gasteiger charge is -2.29. The summed E-state index contributed by atoms with van der Waals surface area (Å²) in [4.78, 5) is 10.9. The topological polar surface area (TPSA) is 71.5 Å². The summed E-state index contributed by atoms with van der Waals surface area (Å²) < 4.78 is 11.3. The summed E-state index contributed by atoms with van der Waals surface area (Å²) in [6, 6.07) is 8.60. The Kier molecular flexibility index (Phi) is 6.34. The average molecular weight is 398 g/mol. The van der Waals surface area contributed by atoms with Gasteiger partial charge in [0, 0.05) is 32.9 Å². The zero-order valence-electron chi connectivity index (χ0n) is 17.4. The van der Waals surface area contributed by atoms with Gasteiger partial charge in [-0.05, 0) is 61.9 Å². The van der Waals surface area contributed by atoms with E-state index in [4.69, 9.17) is 9.47 Å². The lowest BCUT2D eigenvalue weighted by atomic mass is 9.86. The van der Waals surface area contributed by atoms with Crippen molar-refractivity contribution in [3.63, 3.8) is 0 Å². The van der Waals surface area contributed by atoms with Crippen molar-refractivity contribution in [3.8, 4) is 11.5 Å². The number of aromatic nitrogens is 2. The molecule has 0 atom stereocenters. The monoisotopic (exact) mass is 397 g/mol. The third kappa shape index (κ3) is 5.29. The van der Waals surface area contributed by atoms with Crippen LogP contribution in [-0.4, -0.2) is 49.9 Å². The molecule has 7 nitrogen and oxygen atoms in total. The molecule has 1 fully saturated rings. The van der Waals surface area contributed by atoms with Gasteiger partial charge in [-0.2, -0.15) is 4.98 Å². The second-order valence-corrected chi connectivity index (χ2v) is 8.10. The van der Waals surface area contributed by atoms with Gasteiger partial charge < -0.3 is 25.0 Å². The normalized spacial score (nSPS) is 20.9. The fourth-order valence-electron chi connectivity index (χ4n) is 3.98. The summed E-state index contributed by atoms with van der Waals surface area (Å²) >= 11 is 0. The molecule has 0 radical (unpaired) electrons. The molecule has 0 unspecified atom stereocenters. The lowest BCUT2D eigenvalue weighted by molar-refractivity contribution is 0.171. The molecular weight excluding hydrogens is 366 g/mol. The van der Waals surface area contributed by atoms with E-state index in [1.165, 1.54) is 18.4 Å². The Balaban J connectivity index is 1.19. The molecule has 1 aliphatic carbocycles. The number of rotatable bonds is 7. The van der Waals surface area contributed by atoms with Crippen LogP contribution >= 0.6 is 0 Å². The Morgan fingerprint density at radius 1 is 1.03 bits per heavy atom. The standard InChI is InChI=1S/C22H31N5O2/c1-27(2)21-9-10-24-22(26-21)25-18-6-3-16(4-7-18)14-23-15-17-5-8-19-20(13-17)29-12-11-28-19/h5,8-10,13,16,18,23H,3-4,6-7,11-12,14-15H2,1-2H3,(H,24,25,26)/t16-,18+. The summed E-state index contributed by atoms with van der Waals surface area (Å²) in [5.41, 5.74) is 1.24. The van der Waals surface area contributed by atoms with Gasteiger partial charge in [0.05, 0.1) is 0 Å². The SMILES string of the molecule is CN(C)c1ccnc(N[C@H]2CC[C@@H](CNCc3ccc4c(c3)OCCO4)CC2)n1. The fraction of sp³-hybridized carbons (Fsp3) is 0.545. The summed E-state index contributed by atoms with van der Waals surface area (Å²) in [6.07, 6.45) is 6.58. The molecule has 0 bridgehead atoms. The number of ether oxygens (including phenoxy) is 2. The first-order chi connectivity index (χ1) is 14.2. The average Bonchev–Trinajstić information content (AvgIpc) is 2.75. The van der Waals surface area contributed by atoms with Crippen molar-refractivity contribution in [1.82, 2.24) is 15.3 Å². The summed E-state index contributed by atoms with van der Waals surface area (Å²) in [7, 11) is 3.99. The maximum Gasteiger partial charge on any atom is 0.224 e. The molecule has 2 aromatic rings. The van der Waals surface area contributed by atoms with E-state index in [-0.39, 0.29) is 0 Å². The Labute approximate surface area is 172 Å². The third-order valence-corrected chi connectivity index (χ3v) is 5.65. The molecule has 1 aliphatic heterocycles. The van der Waals surface area contributed by atoms with E-state index in [0.29, 0.717) is 19.3 Å². The van der Waals surface area contributed by atoms with Crippen LogP contribution in [0.3, 0.4) is 0 Å². The van der Waals surface area contributed by atoms with E-state index in [2.05, 4.69) is 32.7 Å². The molecule has 2 heterocycles. The van der Waals surface area contributed by atoms with Gasteiger partial charge >= 0.3 is 0 Å². The predicted molar refractivity (Wildman–Crippen MR) is 115 cm³/mol. The highest BCUT2D eigenvalue weighted by Gasteiger charge is 2.21. The molecule has 0 amide bonds. The van der Waals surface area contributed by atoms with Crippen molar-refractivity contribution in [1.29, 1.82) is 0 Å². The van der Waals surface area contributed by atoms with Crippen LogP contribution in [0.5, 0.6) is 11.5 Å². The van der Waals surface area contributed by atoms with E-state index in [1.54, 1.807) is 0 Å². The molecule has 0 saturated heterocycles. The van der Waals surface area contributed by atoms with Gasteiger partial charge in [0.25, 0.3) is 0 Å². The molecule has 29 heavy (non-hydrogen) atoms. The number of benzene rings is 1. The van der Waals surface area contributed by atoms with Crippen LogP contribution in [0.4, 0.5) is 11.8 Å². The highest BCUT2D eigenvalue weighted by atomic mass is 16.6. The predicted octanol–water partition coefficient (Wildman–Crippen LogP) is 3.07. The number of anilines is 2. The van der Waals surface area contributed by atoms with Crippen LogP contribution in [-0.2, 0) is 6.54 Å². The smallest absolute Gasteiger partial charge is 0.224 e. The van der Waals surface area contributed by atoms with E-state index < -0.39 is 0 Å². The second kappa shape index (κ2) is 9.31. The van der Waals surface area contributed by atoms with Crippen molar-refractivity contribution >= 4 is 11.8 Å². The van der Waals surface area contributed by atoms with Gasteiger partial charge in [0.15, 0.2) is 11.5 Å². The molecule has 2 aliphatic rings. The molecule has 0 spiro atoms. The van der Waals surface area contributed by atoms with Crippen LogP contribution in [0, 0.1) is 5.92 Å². The van der Waals surface area contributed by atoms with Gasteiger partial charge in [-0.1, -0.05) is 6.07 Å². The van der Waals surface area contributed by atoms with Crippen molar-refractivity contribution in [3.05, 3.63) is 36.0 Å². The van der Waals surface area contributed by atoms with Gasteiger partial charge in [0.2, 0.25) is 5.95 Å². The number of hydrogen-bond acceptors (Lipinski definition) is 7. The molecule has 1 aromatic carbocycles. The Hall–Kier alpha value is -2.54. The number of hydrogen-bond donors (Lipinski definition) is 2. The minimum absolute atomic E-state index is 0.460. The first-order valence-corrected chi connectivity index (χ1v) is 10.5. The molecular formula is C22H31N5O2. The highest BCUT2D eigenvalue weighted by Crippen LogP contribution is 2.31. The largest absolute Gasteiger partial charge is 0.486 e. The minimum atomic E-state index is 0.460. The maximum absolute atomic E-state index is 5.67. The number of nitrogens with one attached hydrogen (secondary N) is 2. The first kappa shape index (κ1) is 19.8. The van der Waals surface area contributed by atoms with Crippen LogP contribution < -0.4 is 25.0 Å². The van der Waals surface area contributed by atoms with Gasteiger partial charge in [-0.25, -0.2) is 4.98 Å². The van der Waals surface area contributed by atoms with Crippen molar-refractivity contribution in [2.75, 3.05) is 44.1 Å². The van der Waals surface area contributed by atoms with Crippen LogP contribution in [0.1, 0.15) is 31.2 Å². The third-order valence-electron chi connectivity index (χ3n) is 5.65. The summed E-state index contributed by atoms with van der Waals surface area (Å²) in [5.74, 6) is 4.10. The van der Waals surface area contributed by atoms with Crippen LogP contribution in [0.15, 0.2) is 30.5 Å². The van der Waals surface area contributed by atoms with Gasteiger partial charge in [-0.3, -0.25) is 0 Å². The second-order valence-electron chi connectivity index (χ2n) is 8.10. The van der Waals surface area contributed by atoms with Crippen molar-refractivity contribution in [2.24, 2.45) is 5.92 Å². The number of fused-ring (bicyclic) bond motifs is 1. The van der Waals surface area contributed by atoms with E-state index in [9.17, 15) is 0 Å². The minimum Gasteiger partial charge on any atom is -0.486 e. The van der Waals surface area contributed by atoms with Crippen molar-refractivity contribution in [2.45, 2.75) is 38.3 Å².